The van der Waals surface area contributed by atoms with Crippen LogP contribution < -0.4 is 10.6 Å². The summed E-state index contributed by atoms with van der Waals surface area (Å²) in [5, 5.41) is 7.67. The van der Waals surface area contributed by atoms with Gasteiger partial charge in [-0.3, -0.25) is 4.99 Å². The van der Waals surface area contributed by atoms with Crippen LogP contribution in [0.2, 0.25) is 5.02 Å². The van der Waals surface area contributed by atoms with E-state index in [0.29, 0.717) is 37.5 Å². The van der Waals surface area contributed by atoms with E-state index in [4.69, 9.17) is 16.6 Å². The van der Waals surface area contributed by atoms with Gasteiger partial charge in [0.1, 0.15) is 5.84 Å². The van der Waals surface area contributed by atoms with Gasteiger partial charge in [0.25, 0.3) is 0 Å². The van der Waals surface area contributed by atoms with Crippen molar-refractivity contribution in [1.29, 1.82) is 0 Å². The van der Waals surface area contributed by atoms with Crippen molar-refractivity contribution in [3.8, 4) is 0 Å². The van der Waals surface area contributed by atoms with Gasteiger partial charge in [-0.15, -0.1) is 0 Å². The molecule has 2 aromatic rings. The van der Waals surface area contributed by atoms with Crippen molar-refractivity contribution in [2.75, 3.05) is 26.2 Å². The Balaban J connectivity index is 1.45. The molecule has 1 saturated heterocycles. The van der Waals surface area contributed by atoms with Gasteiger partial charge in [0.2, 0.25) is 10.0 Å². The van der Waals surface area contributed by atoms with Crippen molar-refractivity contribution in [2.24, 2.45) is 4.99 Å². The molecule has 2 aliphatic heterocycles. The first kappa shape index (κ1) is 21.3. The molecule has 2 N–H and O–H groups in total. The molecular weight excluding hydrogens is 420 g/mol. The van der Waals surface area contributed by atoms with Gasteiger partial charge in [0.05, 0.1) is 17.0 Å². The molecule has 4 rings (SSSR count). The lowest BCUT2D eigenvalue weighted by Gasteiger charge is -2.44. The molecule has 6 nitrogen and oxygen atoms in total. The van der Waals surface area contributed by atoms with Gasteiger partial charge < -0.3 is 10.6 Å². The lowest BCUT2D eigenvalue weighted by atomic mass is 9.85. The summed E-state index contributed by atoms with van der Waals surface area (Å²) in [6, 6.07) is 14.8. The maximum absolute atomic E-state index is 13.0. The molecule has 0 aliphatic carbocycles. The van der Waals surface area contributed by atoms with Crippen molar-refractivity contribution in [3.63, 3.8) is 0 Å². The normalized spacial score (nSPS) is 19.5. The first-order valence-electron chi connectivity index (χ1n) is 10.2. The molecule has 0 bridgehead atoms. The predicted octanol–water partition coefficient (Wildman–Crippen LogP) is 2.96. The van der Waals surface area contributed by atoms with Gasteiger partial charge in [0, 0.05) is 31.2 Å². The summed E-state index contributed by atoms with van der Waals surface area (Å²) >= 11 is 5.91. The Morgan fingerprint density at radius 2 is 1.90 bits per heavy atom. The number of aliphatic imine (C=N–C) groups is 1. The molecule has 8 heteroatoms. The third kappa shape index (κ3) is 4.39. The molecule has 2 heterocycles. The van der Waals surface area contributed by atoms with Crippen molar-refractivity contribution < 1.29 is 8.42 Å². The van der Waals surface area contributed by atoms with Crippen LogP contribution in [0.3, 0.4) is 0 Å². The van der Waals surface area contributed by atoms with E-state index in [9.17, 15) is 8.42 Å². The van der Waals surface area contributed by atoms with E-state index >= 15 is 0 Å². The van der Waals surface area contributed by atoms with Gasteiger partial charge in [-0.25, -0.2) is 8.42 Å². The molecular formula is C22H27ClN4O2S. The Morgan fingerprint density at radius 3 is 2.60 bits per heavy atom. The van der Waals surface area contributed by atoms with E-state index in [1.807, 2.05) is 0 Å². The SMILES string of the molecule is Cc1cccc(CNC2=NCCNC23CCN(S(=O)(=O)c2ccc(Cl)cc2)CC3)c1. The Morgan fingerprint density at radius 1 is 1.17 bits per heavy atom. The zero-order chi connectivity index (χ0) is 21.2. The quantitative estimate of drug-likeness (QED) is 0.757. The van der Waals surface area contributed by atoms with Crippen LogP contribution in [0.25, 0.3) is 0 Å². The van der Waals surface area contributed by atoms with Crippen molar-refractivity contribution >= 4 is 27.5 Å². The second-order valence-electron chi connectivity index (χ2n) is 7.94. The van der Waals surface area contributed by atoms with Crippen LogP contribution in [0.1, 0.15) is 24.0 Å². The van der Waals surface area contributed by atoms with Crippen LogP contribution in [-0.2, 0) is 16.6 Å². The predicted molar refractivity (Wildman–Crippen MR) is 120 cm³/mol. The fraction of sp³-hybridized carbons (Fsp3) is 0.409. The maximum Gasteiger partial charge on any atom is 0.243 e. The van der Waals surface area contributed by atoms with E-state index in [1.165, 1.54) is 11.1 Å². The average Bonchev–Trinajstić information content (AvgIpc) is 2.74. The first-order chi connectivity index (χ1) is 14.4. The van der Waals surface area contributed by atoms with Gasteiger partial charge in [-0.05, 0) is 49.6 Å². The number of nitrogens with zero attached hydrogens (tertiary/aromatic N) is 2. The molecule has 0 unspecified atom stereocenters. The molecule has 0 amide bonds. The molecule has 160 valence electrons. The molecule has 0 atom stereocenters. The molecule has 0 radical (unpaired) electrons. The zero-order valence-electron chi connectivity index (χ0n) is 17.1. The standard InChI is InChI=1S/C22H27ClN4O2S/c1-17-3-2-4-18(15-17)16-25-21-22(26-12-11-24-21)9-13-27(14-10-22)30(28,29)20-7-5-19(23)6-8-20/h2-8,15,26H,9-14,16H2,1H3,(H,24,25). The van der Waals surface area contributed by atoms with Gasteiger partial charge in [-0.1, -0.05) is 41.4 Å². The molecule has 30 heavy (non-hydrogen) atoms. The summed E-state index contributed by atoms with van der Waals surface area (Å²) < 4.78 is 27.6. The van der Waals surface area contributed by atoms with Crippen molar-refractivity contribution in [1.82, 2.24) is 14.9 Å². The van der Waals surface area contributed by atoms with Gasteiger partial charge >= 0.3 is 0 Å². The van der Waals surface area contributed by atoms with Crippen molar-refractivity contribution in [2.45, 2.75) is 36.7 Å². The minimum Gasteiger partial charge on any atom is -0.368 e. The molecule has 2 aliphatic rings. The number of aryl methyl sites for hydroxylation is 1. The van der Waals surface area contributed by atoms with Crippen LogP contribution in [0.4, 0.5) is 0 Å². The molecule has 0 saturated carbocycles. The Kier molecular flexibility index (Phi) is 6.16. The summed E-state index contributed by atoms with van der Waals surface area (Å²) in [6.45, 7) is 5.22. The monoisotopic (exact) mass is 446 g/mol. The van der Waals surface area contributed by atoms with E-state index in [2.05, 4.69) is 41.8 Å². The molecule has 2 aromatic carbocycles. The van der Waals surface area contributed by atoms with Gasteiger partial charge in [-0.2, -0.15) is 4.31 Å². The maximum atomic E-state index is 13.0. The van der Waals surface area contributed by atoms with Crippen LogP contribution in [-0.4, -0.2) is 50.3 Å². The largest absolute Gasteiger partial charge is 0.368 e. The highest BCUT2D eigenvalue weighted by molar-refractivity contribution is 7.89. The number of nitrogens with one attached hydrogen (secondary N) is 2. The van der Waals surface area contributed by atoms with Gasteiger partial charge in [0.15, 0.2) is 0 Å². The van der Waals surface area contributed by atoms with E-state index in [1.54, 1.807) is 28.6 Å². The number of hydrogen-bond acceptors (Lipinski definition) is 5. The van der Waals surface area contributed by atoms with Crippen LogP contribution >= 0.6 is 11.6 Å². The summed E-state index contributed by atoms with van der Waals surface area (Å²) in [5.41, 5.74) is 2.14. The molecule has 0 aromatic heterocycles. The Bertz CT molecular complexity index is 1030. The van der Waals surface area contributed by atoms with Crippen molar-refractivity contribution in [3.05, 3.63) is 64.7 Å². The number of piperidine rings is 1. The summed E-state index contributed by atoms with van der Waals surface area (Å²) in [7, 11) is -3.53. The first-order valence-corrected chi connectivity index (χ1v) is 12.1. The summed E-state index contributed by atoms with van der Waals surface area (Å²) in [4.78, 5) is 5.04. The summed E-state index contributed by atoms with van der Waals surface area (Å²) in [5.74, 6) is 0.943. The fourth-order valence-corrected chi connectivity index (χ4v) is 5.78. The smallest absolute Gasteiger partial charge is 0.243 e. The molecule has 1 spiro atoms. The third-order valence-electron chi connectivity index (χ3n) is 5.87. The van der Waals surface area contributed by atoms with E-state index < -0.39 is 10.0 Å². The minimum atomic E-state index is -3.53. The molecule has 1 fully saturated rings. The lowest BCUT2D eigenvalue weighted by molar-refractivity contribution is 0.241. The second-order valence-corrected chi connectivity index (χ2v) is 10.3. The highest BCUT2D eigenvalue weighted by Crippen LogP contribution is 2.29. The van der Waals surface area contributed by atoms with E-state index in [-0.39, 0.29) is 10.4 Å². The average molecular weight is 447 g/mol. The number of halogens is 1. The second kappa shape index (κ2) is 8.67. The van der Waals surface area contributed by atoms with Crippen LogP contribution in [0, 0.1) is 6.92 Å². The van der Waals surface area contributed by atoms with Crippen LogP contribution in [0.15, 0.2) is 58.4 Å². The number of amidine groups is 1. The lowest BCUT2D eigenvalue weighted by Crippen LogP contribution is -2.64. The zero-order valence-corrected chi connectivity index (χ0v) is 18.6. The van der Waals surface area contributed by atoms with E-state index in [0.717, 1.165) is 18.9 Å². The third-order valence-corrected chi connectivity index (χ3v) is 8.03. The number of sulfonamides is 1. The number of benzene rings is 2. The minimum absolute atomic E-state index is 0.283. The Hall–Kier alpha value is -1.93. The fourth-order valence-electron chi connectivity index (χ4n) is 4.21. The van der Waals surface area contributed by atoms with Crippen LogP contribution in [0.5, 0.6) is 0 Å². The Labute approximate surface area is 183 Å². The summed E-state index contributed by atoms with van der Waals surface area (Å²) in [6.07, 6.45) is 1.36. The highest BCUT2D eigenvalue weighted by Gasteiger charge is 2.43. The number of hydrogen-bond donors (Lipinski definition) is 2. The highest BCUT2D eigenvalue weighted by atomic mass is 35.5. The number of rotatable bonds is 4. The topological polar surface area (TPSA) is 73.8 Å².